The van der Waals surface area contributed by atoms with Crippen LogP contribution in [0.1, 0.15) is 16.9 Å². The molecular weight excluding hydrogens is 402 g/mol. The zero-order valence-electron chi connectivity index (χ0n) is 18.0. The number of fused-ring (bicyclic) bond motifs is 2. The largest absolute Gasteiger partial charge is 0.353 e. The first kappa shape index (κ1) is 20.2. The van der Waals surface area contributed by atoms with Gasteiger partial charge in [0.15, 0.2) is 0 Å². The zero-order chi connectivity index (χ0) is 21.4. The van der Waals surface area contributed by atoms with Crippen LogP contribution < -0.4 is 10.3 Å². The highest BCUT2D eigenvalue weighted by Gasteiger charge is 2.26. The van der Waals surface area contributed by atoms with Gasteiger partial charge in [-0.1, -0.05) is 42.5 Å². The standard InChI is InChI=1S/C26H27N3OS/c1-18-16-22-25(31-18)24(30)21-10-6-7-11-23(21)27-26(22)29-15-14-28(2)20(17-29)13-12-19-8-4-3-5-9-19/h3-11,16,20H,12-15,17H2,1-2H3/t20-/m0/s1. The monoisotopic (exact) mass is 429 g/mol. The number of hydrogen-bond acceptors (Lipinski definition) is 5. The van der Waals surface area contributed by atoms with Gasteiger partial charge in [0.1, 0.15) is 5.82 Å². The smallest absolute Gasteiger partial charge is 0.205 e. The van der Waals surface area contributed by atoms with Crippen molar-refractivity contribution in [3.05, 3.63) is 81.3 Å². The van der Waals surface area contributed by atoms with Crippen LogP contribution in [-0.4, -0.2) is 42.6 Å². The third-order valence-corrected chi connectivity index (χ3v) is 7.41. The summed E-state index contributed by atoms with van der Waals surface area (Å²) < 4.78 is 0.820. The van der Waals surface area contributed by atoms with E-state index < -0.39 is 0 Å². The summed E-state index contributed by atoms with van der Waals surface area (Å²) in [5.74, 6) is 0.954. The van der Waals surface area contributed by atoms with E-state index in [1.54, 1.807) is 11.3 Å². The van der Waals surface area contributed by atoms with Crippen molar-refractivity contribution in [1.29, 1.82) is 0 Å². The second-order valence-electron chi connectivity index (χ2n) is 8.49. The molecule has 31 heavy (non-hydrogen) atoms. The fourth-order valence-electron chi connectivity index (χ4n) is 4.58. The van der Waals surface area contributed by atoms with Crippen LogP contribution in [0.2, 0.25) is 0 Å². The minimum absolute atomic E-state index is 0.0946. The first-order valence-electron chi connectivity index (χ1n) is 10.9. The number of aryl methyl sites for hydroxylation is 2. The molecule has 0 radical (unpaired) electrons. The number of nitrogens with zero attached hydrogens (tertiary/aromatic N) is 3. The molecule has 3 heterocycles. The lowest BCUT2D eigenvalue weighted by atomic mass is 10.0. The molecule has 1 aliphatic rings. The predicted molar refractivity (Wildman–Crippen MR) is 132 cm³/mol. The number of aromatic nitrogens is 1. The molecule has 0 N–H and O–H groups in total. The van der Waals surface area contributed by atoms with Gasteiger partial charge in [-0.3, -0.25) is 9.69 Å². The fourth-order valence-corrected chi connectivity index (χ4v) is 5.54. The van der Waals surface area contributed by atoms with Gasteiger partial charge < -0.3 is 4.90 Å². The Balaban J connectivity index is 1.53. The Morgan fingerprint density at radius 2 is 1.81 bits per heavy atom. The van der Waals surface area contributed by atoms with Gasteiger partial charge in [-0.25, -0.2) is 4.98 Å². The molecule has 4 aromatic rings. The summed E-state index contributed by atoms with van der Waals surface area (Å²) in [4.78, 5) is 24.3. The maximum Gasteiger partial charge on any atom is 0.205 e. The molecule has 5 heteroatoms. The van der Waals surface area contributed by atoms with E-state index in [1.807, 2.05) is 24.3 Å². The first-order chi connectivity index (χ1) is 15.1. The van der Waals surface area contributed by atoms with Crippen LogP contribution in [0.25, 0.3) is 21.0 Å². The lowest BCUT2D eigenvalue weighted by molar-refractivity contribution is 0.208. The Hall–Kier alpha value is -2.76. The quantitative estimate of drug-likeness (QED) is 0.464. The number of benzene rings is 2. The Kier molecular flexibility index (Phi) is 5.47. The molecule has 2 aromatic heterocycles. The minimum Gasteiger partial charge on any atom is -0.353 e. The van der Waals surface area contributed by atoms with E-state index in [4.69, 9.17) is 4.98 Å². The number of hydrogen-bond donors (Lipinski definition) is 0. The zero-order valence-corrected chi connectivity index (χ0v) is 18.9. The van der Waals surface area contributed by atoms with Crippen molar-refractivity contribution in [2.24, 2.45) is 0 Å². The molecule has 158 valence electrons. The van der Waals surface area contributed by atoms with Crippen molar-refractivity contribution in [3.8, 4) is 0 Å². The van der Waals surface area contributed by atoms with E-state index in [9.17, 15) is 4.79 Å². The van der Waals surface area contributed by atoms with E-state index in [-0.39, 0.29) is 5.43 Å². The maximum absolute atomic E-state index is 13.3. The fraction of sp³-hybridized carbons (Fsp3) is 0.308. The van der Waals surface area contributed by atoms with Crippen LogP contribution in [-0.2, 0) is 6.42 Å². The molecule has 5 rings (SSSR count). The first-order valence-corrected chi connectivity index (χ1v) is 11.7. The molecule has 0 bridgehead atoms. The summed E-state index contributed by atoms with van der Waals surface area (Å²) in [5.41, 5.74) is 2.26. The van der Waals surface area contributed by atoms with E-state index >= 15 is 0 Å². The molecule has 0 aliphatic carbocycles. The molecule has 1 atom stereocenters. The van der Waals surface area contributed by atoms with Gasteiger partial charge >= 0.3 is 0 Å². The predicted octanol–water partition coefficient (Wildman–Crippen LogP) is 4.87. The van der Waals surface area contributed by atoms with E-state index in [1.165, 1.54) is 5.56 Å². The van der Waals surface area contributed by atoms with Crippen LogP contribution in [0, 0.1) is 6.92 Å². The summed E-state index contributed by atoms with van der Waals surface area (Å²) >= 11 is 1.58. The number of rotatable bonds is 4. The Morgan fingerprint density at radius 1 is 1.03 bits per heavy atom. The van der Waals surface area contributed by atoms with Crippen molar-refractivity contribution in [2.45, 2.75) is 25.8 Å². The van der Waals surface area contributed by atoms with Crippen molar-refractivity contribution >= 4 is 38.1 Å². The molecule has 0 saturated carbocycles. The van der Waals surface area contributed by atoms with Gasteiger partial charge in [0.25, 0.3) is 0 Å². The molecule has 1 aliphatic heterocycles. The number of anilines is 1. The van der Waals surface area contributed by atoms with Gasteiger partial charge in [-0.15, -0.1) is 11.3 Å². The molecule has 2 aromatic carbocycles. The van der Waals surface area contributed by atoms with Gasteiger partial charge in [-0.2, -0.15) is 0 Å². The molecular formula is C26H27N3OS. The van der Waals surface area contributed by atoms with Crippen LogP contribution in [0.3, 0.4) is 0 Å². The second-order valence-corrected chi connectivity index (χ2v) is 9.74. The molecule has 1 fully saturated rings. The number of piperazine rings is 1. The summed E-state index contributed by atoms with van der Waals surface area (Å²) in [7, 11) is 2.22. The number of thiophene rings is 1. The third-order valence-electron chi connectivity index (χ3n) is 6.36. The van der Waals surface area contributed by atoms with Gasteiger partial charge in [-0.05, 0) is 50.6 Å². The van der Waals surface area contributed by atoms with Crippen LogP contribution >= 0.6 is 11.3 Å². The average molecular weight is 430 g/mol. The Labute approximate surface area is 186 Å². The summed E-state index contributed by atoms with van der Waals surface area (Å²) in [6, 6.07) is 21.0. The molecule has 0 spiro atoms. The highest BCUT2D eigenvalue weighted by Crippen LogP contribution is 2.32. The van der Waals surface area contributed by atoms with Gasteiger partial charge in [0, 0.05) is 41.3 Å². The van der Waals surface area contributed by atoms with Crippen molar-refractivity contribution < 1.29 is 0 Å². The molecule has 0 unspecified atom stereocenters. The van der Waals surface area contributed by atoms with Crippen molar-refractivity contribution in [2.75, 3.05) is 31.6 Å². The normalized spacial score (nSPS) is 17.5. The SMILES string of the molecule is Cc1cc2c(N3CCN(C)[C@@H](CCc4ccccc4)C3)nc3ccccc3c(=O)c2s1. The third kappa shape index (κ3) is 3.95. The maximum atomic E-state index is 13.3. The van der Waals surface area contributed by atoms with E-state index in [0.717, 1.165) is 58.8 Å². The van der Waals surface area contributed by atoms with Crippen molar-refractivity contribution in [3.63, 3.8) is 0 Å². The van der Waals surface area contributed by atoms with Crippen LogP contribution in [0.15, 0.2) is 65.5 Å². The summed E-state index contributed by atoms with van der Waals surface area (Å²) in [5, 5.41) is 1.70. The van der Waals surface area contributed by atoms with Crippen molar-refractivity contribution in [1.82, 2.24) is 9.88 Å². The highest BCUT2D eigenvalue weighted by molar-refractivity contribution is 7.19. The average Bonchev–Trinajstić information content (AvgIpc) is 3.14. The van der Waals surface area contributed by atoms with Crippen LogP contribution in [0.5, 0.6) is 0 Å². The topological polar surface area (TPSA) is 36.4 Å². The van der Waals surface area contributed by atoms with Gasteiger partial charge in [0.05, 0.1) is 10.2 Å². The minimum atomic E-state index is 0.0946. The number of para-hydroxylation sites is 1. The Morgan fingerprint density at radius 3 is 2.65 bits per heavy atom. The summed E-state index contributed by atoms with van der Waals surface area (Å²) in [6.07, 6.45) is 2.18. The molecule has 1 saturated heterocycles. The van der Waals surface area contributed by atoms with Gasteiger partial charge in [0.2, 0.25) is 5.43 Å². The molecule has 4 nitrogen and oxygen atoms in total. The highest BCUT2D eigenvalue weighted by atomic mass is 32.1. The second kappa shape index (κ2) is 8.40. The van der Waals surface area contributed by atoms with E-state index in [2.05, 4.69) is 60.2 Å². The lowest BCUT2D eigenvalue weighted by Gasteiger charge is -2.40. The molecule has 0 amide bonds. The summed E-state index contributed by atoms with van der Waals surface area (Å²) in [6.45, 7) is 4.91. The van der Waals surface area contributed by atoms with Crippen LogP contribution in [0.4, 0.5) is 5.82 Å². The lowest BCUT2D eigenvalue weighted by Crippen LogP contribution is -2.51. The Bertz CT molecular complexity index is 1280. The number of likely N-dealkylation sites (N-methyl/N-ethyl adjacent to an activating group) is 1. The van der Waals surface area contributed by atoms with E-state index in [0.29, 0.717) is 11.4 Å².